The lowest BCUT2D eigenvalue weighted by atomic mass is 10.2. The molecule has 0 fully saturated rings. The van der Waals surface area contributed by atoms with E-state index in [1.807, 2.05) is 0 Å². The first-order chi connectivity index (χ1) is 9.43. The van der Waals surface area contributed by atoms with Crippen LogP contribution in [0.3, 0.4) is 0 Å². The maximum atomic E-state index is 13.2. The van der Waals surface area contributed by atoms with Gasteiger partial charge in [-0.2, -0.15) is 0 Å². The van der Waals surface area contributed by atoms with Gasteiger partial charge in [0.05, 0.1) is 7.11 Å². The van der Waals surface area contributed by atoms with E-state index in [2.05, 4.69) is 14.7 Å². The van der Waals surface area contributed by atoms with Gasteiger partial charge < -0.3 is 9.72 Å². The molecule has 0 unspecified atom stereocenters. The molecule has 1 aromatic heterocycles. The van der Waals surface area contributed by atoms with E-state index in [1.165, 1.54) is 13.2 Å². The van der Waals surface area contributed by atoms with E-state index in [-0.39, 0.29) is 16.0 Å². The molecule has 0 saturated heterocycles. The van der Waals surface area contributed by atoms with Crippen LogP contribution in [0.15, 0.2) is 18.2 Å². The summed E-state index contributed by atoms with van der Waals surface area (Å²) in [7, 11) is 1.24. The molecule has 1 heterocycles. The second kappa shape index (κ2) is 5.46. The van der Waals surface area contributed by atoms with Crippen molar-refractivity contribution >= 4 is 18.2 Å². The van der Waals surface area contributed by atoms with Crippen molar-refractivity contribution in [2.24, 2.45) is 0 Å². The van der Waals surface area contributed by atoms with Crippen LogP contribution in [0.2, 0.25) is 0 Å². The van der Waals surface area contributed by atoms with Crippen LogP contribution in [-0.4, -0.2) is 23.0 Å². The number of benzene rings is 1. The van der Waals surface area contributed by atoms with Crippen LogP contribution in [-0.2, 0) is 4.74 Å². The quantitative estimate of drug-likeness (QED) is 0.683. The molecule has 0 bridgehead atoms. The highest BCUT2D eigenvalue weighted by atomic mass is 32.1. The number of hydrogen-bond donors (Lipinski definition) is 1. The summed E-state index contributed by atoms with van der Waals surface area (Å²) in [5.74, 6) is -2.29. The van der Waals surface area contributed by atoms with Gasteiger partial charge in [-0.25, -0.2) is 18.6 Å². The zero-order chi connectivity index (χ0) is 14.9. The molecule has 1 aromatic carbocycles. The molecule has 0 atom stereocenters. The average molecular weight is 296 g/mol. The van der Waals surface area contributed by atoms with Crippen molar-refractivity contribution in [2.75, 3.05) is 7.11 Å². The average Bonchev–Trinajstić information content (AvgIpc) is 2.40. The van der Waals surface area contributed by atoms with Gasteiger partial charge in [0, 0.05) is 11.3 Å². The largest absolute Gasteiger partial charge is 0.465 e. The Kier molecular flexibility index (Phi) is 3.89. The van der Waals surface area contributed by atoms with E-state index in [0.717, 1.165) is 12.1 Å². The fraction of sp³-hybridized carbons (Fsp3) is 0.154. The molecular formula is C13H10F2N2O2S. The molecule has 0 aliphatic carbocycles. The predicted molar refractivity (Wildman–Crippen MR) is 70.9 cm³/mol. The molecular weight excluding hydrogens is 286 g/mol. The Morgan fingerprint density at radius 1 is 1.35 bits per heavy atom. The Labute approximate surface area is 118 Å². The van der Waals surface area contributed by atoms with Gasteiger partial charge >= 0.3 is 5.97 Å². The van der Waals surface area contributed by atoms with Crippen molar-refractivity contribution in [2.45, 2.75) is 6.92 Å². The first-order valence-electron chi connectivity index (χ1n) is 5.58. The lowest BCUT2D eigenvalue weighted by molar-refractivity contribution is 0.0598. The van der Waals surface area contributed by atoms with Crippen LogP contribution in [0.25, 0.3) is 11.4 Å². The van der Waals surface area contributed by atoms with Crippen molar-refractivity contribution in [1.82, 2.24) is 9.97 Å². The highest BCUT2D eigenvalue weighted by Crippen LogP contribution is 2.20. The summed E-state index contributed by atoms with van der Waals surface area (Å²) in [6.07, 6.45) is 0. The number of aromatic nitrogens is 2. The molecule has 0 aliphatic heterocycles. The van der Waals surface area contributed by atoms with Gasteiger partial charge in [0.2, 0.25) is 0 Å². The number of rotatable bonds is 2. The summed E-state index contributed by atoms with van der Waals surface area (Å²) < 4.78 is 30.8. The number of nitrogens with one attached hydrogen (secondary N) is 1. The van der Waals surface area contributed by atoms with E-state index in [9.17, 15) is 13.6 Å². The number of methoxy groups -OCH3 is 1. The number of H-pyrrole nitrogens is 1. The van der Waals surface area contributed by atoms with Crippen molar-refractivity contribution in [3.8, 4) is 11.4 Å². The Balaban J connectivity index is 2.57. The van der Waals surface area contributed by atoms with E-state index >= 15 is 0 Å². The van der Waals surface area contributed by atoms with E-state index in [0.29, 0.717) is 11.3 Å². The van der Waals surface area contributed by atoms with Crippen LogP contribution in [0.4, 0.5) is 8.78 Å². The number of carbonyl (C=O) groups excluding carboxylic acids is 1. The number of halogens is 2. The van der Waals surface area contributed by atoms with Crippen molar-refractivity contribution in [1.29, 1.82) is 0 Å². The third-order valence-electron chi connectivity index (χ3n) is 2.69. The normalized spacial score (nSPS) is 10.4. The highest BCUT2D eigenvalue weighted by molar-refractivity contribution is 7.71. The van der Waals surface area contributed by atoms with Crippen molar-refractivity contribution in [3.63, 3.8) is 0 Å². The number of ether oxygens (including phenoxy) is 1. The van der Waals surface area contributed by atoms with Gasteiger partial charge in [0.15, 0.2) is 11.6 Å². The fourth-order valence-electron chi connectivity index (χ4n) is 1.71. The molecule has 104 valence electrons. The molecule has 7 heteroatoms. The van der Waals surface area contributed by atoms with Crippen LogP contribution >= 0.6 is 12.2 Å². The summed E-state index contributed by atoms with van der Waals surface area (Å²) in [6, 6.07) is 3.36. The van der Waals surface area contributed by atoms with Crippen LogP contribution < -0.4 is 0 Å². The minimum atomic E-state index is -0.988. The SMILES string of the molecule is COC(=O)c1c(C)[nH]c(-c2ccc(F)c(F)c2)nc1=S. The predicted octanol–water partition coefficient (Wildman–Crippen LogP) is 3.18. The van der Waals surface area contributed by atoms with Gasteiger partial charge in [-0.1, -0.05) is 12.2 Å². The Morgan fingerprint density at radius 3 is 2.60 bits per heavy atom. The molecule has 0 saturated carbocycles. The smallest absolute Gasteiger partial charge is 0.342 e. The molecule has 0 radical (unpaired) electrons. The van der Waals surface area contributed by atoms with E-state index in [4.69, 9.17) is 12.2 Å². The minimum absolute atomic E-state index is 0.0350. The number of esters is 1. The molecule has 1 N–H and O–H groups in total. The standard InChI is InChI=1S/C13H10F2N2O2S/c1-6-10(13(18)19-2)12(20)17-11(16-6)7-3-4-8(14)9(15)5-7/h3-5H,1-2H3,(H,16,17,20). The zero-order valence-corrected chi connectivity index (χ0v) is 11.5. The number of aryl methyl sites for hydroxylation is 1. The Hall–Kier alpha value is -2.15. The Bertz CT molecular complexity index is 744. The number of nitrogens with zero attached hydrogens (tertiary/aromatic N) is 1. The lowest BCUT2D eigenvalue weighted by Gasteiger charge is -2.08. The third kappa shape index (κ3) is 2.57. The van der Waals surface area contributed by atoms with Crippen molar-refractivity contribution < 1.29 is 18.3 Å². The second-order valence-corrected chi connectivity index (χ2v) is 4.40. The molecule has 0 spiro atoms. The zero-order valence-electron chi connectivity index (χ0n) is 10.7. The van der Waals surface area contributed by atoms with E-state index in [1.54, 1.807) is 6.92 Å². The van der Waals surface area contributed by atoms with Gasteiger partial charge in [-0.05, 0) is 25.1 Å². The second-order valence-electron chi connectivity index (χ2n) is 4.01. The minimum Gasteiger partial charge on any atom is -0.465 e. The molecule has 4 nitrogen and oxygen atoms in total. The van der Waals surface area contributed by atoms with Gasteiger partial charge in [-0.3, -0.25) is 0 Å². The van der Waals surface area contributed by atoms with Crippen LogP contribution in [0.1, 0.15) is 16.1 Å². The topological polar surface area (TPSA) is 55.0 Å². The summed E-state index contributed by atoms with van der Waals surface area (Å²) >= 11 is 5.03. The summed E-state index contributed by atoms with van der Waals surface area (Å²) in [4.78, 5) is 18.4. The summed E-state index contributed by atoms with van der Waals surface area (Å²) in [5.41, 5.74) is 0.917. The van der Waals surface area contributed by atoms with Crippen molar-refractivity contribution in [3.05, 3.63) is 45.7 Å². The fourth-order valence-corrected chi connectivity index (χ4v) is 2.04. The summed E-state index contributed by atoms with van der Waals surface area (Å²) in [6.45, 7) is 1.62. The van der Waals surface area contributed by atoms with Gasteiger partial charge in [-0.15, -0.1) is 0 Å². The summed E-state index contributed by atoms with van der Waals surface area (Å²) in [5, 5.41) is 0. The molecule has 2 rings (SSSR count). The Morgan fingerprint density at radius 2 is 2.05 bits per heavy atom. The molecule has 0 amide bonds. The third-order valence-corrected chi connectivity index (χ3v) is 2.99. The number of aromatic amines is 1. The molecule has 2 aromatic rings. The van der Waals surface area contributed by atoms with Crippen LogP contribution in [0.5, 0.6) is 0 Å². The number of hydrogen-bond acceptors (Lipinski definition) is 4. The van der Waals surface area contributed by atoms with E-state index < -0.39 is 17.6 Å². The monoisotopic (exact) mass is 296 g/mol. The van der Waals surface area contributed by atoms with Gasteiger partial charge in [0.1, 0.15) is 16.0 Å². The van der Waals surface area contributed by atoms with Crippen LogP contribution in [0, 0.1) is 23.2 Å². The lowest BCUT2D eigenvalue weighted by Crippen LogP contribution is -2.09. The molecule has 20 heavy (non-hydrogen) atoms. The first kappa shape index (κ1) is 14.3. The maximum Gasteiger partial charge on any atom is 0.342 e. The molecule has 0 aliphatic rings. The highest BCUT2D eigenvalue weighted by Gasteiger charge is 2.15. The number of carbonyl (C=O) groups is 1. The van der Waals surface area contributed by atoms with Gasteiger partial charge in [0.25, 0.3) is 0 Å². The first-order valence-corrected chi connectivity index (χ1v) is 5.99. The maximum absolute atomic E-state index is 13.2.